The second-order valence-electron chi connectivity index (χ2n) is 4.92. The Bertz CT molecular complexity index is 581. The van der Waals surface area contributed by atoms with Gasteiger partial charge in [-0.1, -0.05) is 0 Å². The second-order valence-corrected chi connectivity index (χ2v) is 4.92. The summed E-state index contributed by atoms with van der Waals surface area (Å²) >= 11 is 0. The van der Waals surface area contributed by atoms with Crippen LogP contribution in [0.4, 0.5) is 11.6 Å². The summed E-state index contributed by atoms with van der Waals surface area (Å²) in [4.78, 5) is 14.9. The molecule has 3 heterocycles. The third-order valence-electron chi connectivity index (χ3n) is 3.52. The molecule has 3 rings (SSSR count). The quantitative estimate of drug-likeness (QED) is 0.849. The van der Waals surface area contributed by atoms with Crippen LogP contribution in [0.25, 0.3) is 11.3 Å². The van der Waals surface area contributed by atoms with Crippen LogP contribution in [0.2, 0.25) is 0 Å². The first-order chi connectivity index (χ1) is 9.74. The Kier molecular flexibility index (Phi) is 3.47. The van der Waals surface area contributed by atoms with Gasteiger partial charge in [0, 0.05) is 31.0 Å². The van der Waals surface area contributed by atoms with E-state index in [0.717, 1.165) is 37.2 Å². The molecule has 0 radical (unpaired) electrons. The van der Waals surface area contributed by atoms with Gasteiger partial charge in [-0.25, -0.2) is 9.97 Å². The van der Waals surface area contributed by atoms with E-state index < -0.39 is 0 Å². The Morgan fingerprint density at radius 1 is 1.20 bits per heavy atom. The van der Waals surface area contributed by atoms with E-state index in [1.165, 1.54) is 0 Å². The minimum Gasteiger partial charge on any atom is -0.393 e. The van der Waals surface area contributed by atoms with Crippen LogP contribution in [0, 0.1) is 0 Å². The van der Waals surface area contributed by atoms with Crippen LogP contribution in [0.3, 0.4) is 0 Å². The monoisotopic (exact) mass is 271 g/mol. The Morgan fingerprint density at radius 2 is 1.90 bits per heavy atom. The fourth-order valence-electron chi connectivity index (χ4n) is 2.36. The highest BCUT2D eigenvalue weighted by atomic mass is 16.3. The average molecular weight is 271 g/mol. The van der Waals surface area contributed by atoms with Gasteiger partial charge in [0.2, 0.25) is 0 Å². The van der Waals surface area contributed by atoms with Crippen molar-refractivity contribution in [2.45, 2.75) is 18.9 Å². The molecule has 6 heteroatoms. The van der Waals surface area contributed by atoms with E-state index in [-0.39, 0.29) is 6.10 Å². The highest BCUT2D eigenvalue weighted by molar-refractivity contribution is 5.65. The van der Waals surface area contributed by atoms with Gasteiger partial charge in [-0.3, -0.25) is 4.98 Å². The zero-order chi connectivity index (χ0) is 13.9. The van der Waals surface area contributed by atoms with Gasteiger partial charge in [0.15, 0.2) is 11.6 Å². The Balaban J connectivity index is 1.91. The van der Waals surface area contributed by atoms with Crippen LogP contribution in [-0.2, 0) is 0 Å². The molecule has 20 heavy (non-hydrogen) atoms. The number of nitrogens with two attached hydrogens (primary N) is 1. The molecule has 0 amide bonds. The van der Waals surface area contributed by atoms with E-state index >= 15 is 0 Å². The van der Waals surface area contributed by atoms with Crippen molar-refractivity contribution in [2.75, 3.05) is 23.7 Å². The second kappa shape index (κ2) is 5.42. The molecule has 0 atom stereocenters. The van der Waals surface area contributed by atoms with Crippen molar-refractivity contribution < 1.29 is 5.11 Å². The number of hydrogen-bond acceptors (Lipinski definition) is 6. The van der Waals surface area contributed by atoms with E-state index in [2.05, 4.69) is 19.9 Å². The maximum atomic E-state index is 9.57. The molecule has 0 saturated carbocycles. The van der Waals surface area contributed by atoms with Gasteiger partial charge in [0.1, 0.15) is 0 Å². The number of hydrogen-bond donors (Lipinski definition) is 2. The summed E-state index contributed by atoms with van der Waals surface area (Å²) < 4.78 is 0. The molecule has 6 nitrogen and oxygen atoms in total. The van der Waals surface area contributed by atoms with Gasteiger partial charge in [-0.2, -0.15) is 0 Å². The Labute approximate surface area is 117 Å². The topological polar surface area (TPSA) is 88.2 Å². The van der Waals surface area contributed by atoms with Crippen molar-refractivity contribution in [2.24, 2.45) is 0 Å². The van der Waals surface area contributed by atoms with Crippen LogP contribution in [0.1, 0.15) is 12.8 Å². The van der Waals surface area contributed by atoms with Crippen LogP contribution in [0.15, 0.2) is 30.7 Å². The summed E-state index contributed by atoms with van der Waals surface area (Å²) in [7, 11) is 0. The van der Waals surface area contributed by atoms with Crippen molar-refractivity contribution in [3.05, 3.63) is 30.7 Å². The van der Waals surface area contributed by atoms with Gasteiger partial charge in [-0.05, 0) is 25.0 Å². The molecule has 2 aromatic heterocycles. The van der Waals surface area contributed by atoms with Crippen molar-refractivity contribution in [3.8, 4) is 11.3 Å². The van der Waals surface area contributed by atoms with Gasteiger partial charge in [-0.15, -0.1) is 0 Å². The zero-order valence-electron chi connectivity index (χ0n) is 11.1. The summed E-state index contributed by atoms with van der Waals surface area (Å²) in [6.45, 7) is 1.50. The molecule has 1 aliphatic rings. The molecule has 0 bridgehead atoms. The van der Waals surface area contributed by atoms with E-state index in [1.54, 1.807) is 18.6 Å². The standard InChI is InChI=1S/C14H17N5O/c15-13-14(19-7-3-11(20)4-8-19)18-12(9-17-13)10-1-5-16-6-2-10/h1-2,5-6,9,11,20H,3-4,7-8H2,(H2,15,17). The predicted octanol–water partition coefficient (Wildman–Crippen LogP) is 1.08. The summed E-state index contributed by atoms with van der Waals surface area (Å²) in [5, 5.41) is 9.57. The van der Waals surface area contributed by atoms with Crippen molar-refractivity contribution in [1.82, 2.24) is 15.0 Å². The molecule has 1 saturated heterocycles. The minimum atomic E-state index is -0.219. The molecule has 0 spiro atoms. The highest BCUT2D eigenvalue weighted by Crippen LogP contribution is 2.25. The van der Waals surface area contributed by atoms with E-state index in [9.17, 15) is 5.11 Å². The molecular weight excluding hydrogens is 254 g/mol. The summed E-state index contributed by atoms with van der Waals surface area (Å²) in [5.74, 6) is 1.13. The first-order valence-corrected chi connectivity index (χ1v) is 6.70. The summed E-state index contributed by atoms with van der Waals surface area (Å²) in [6, 6.07) is 3.79. The molecular formula is C14H17N5O. The third-order valence-corrected chi connectivity index (χ3v) is 3.52. The Hall–Kier alpha value is -2.21. The SMILES string of the molecule is Nc1ncc(-c2ccncc2)nc1N1CCC(O)CC1. The summed E-state index contributed by atoms with van der Waals surface area (Å²) in [6.07, 6.45) is 6.38. The lowest BCUT2D eigenvalue weighted by Crippen LogP contribution is -2.36. The zero-order valence-corrected chi connectivity index (χ0v) is 11.1. The molecule has 3 N–H and O–H groups in total. The number of aromatic nitrogens is 3. The van der Waals surface area contributed by atoms with Gasteiger partial charge < -0.3 is 15.7 Å². The van der Waals surface area contributed by atoms with Crippen LogP contribution in [-0.4, -0.2) is 39.3 Å². The fourth-order valence-corrected chi connectivity index (χ4v) is 2.36. The third kappa shape index (κ3) is 2.55. The first-order valence-electron chi connectivity index (χ1n) is 6.70. The number of piperidine rings is 1. The molecule has 1 aliphatic heterocycles. The number of aliphatic hydroxyl groups is 1. The fraction of sp³-hybridized carbons (Fsp3) is 0.357. The van der Waals surface area contributed by atoms with E-state index in [4.69, 9.17) is 5.73 Å². The highest BCUT2D eigenvalue weighted by Gasteiger charge is 2.20. The first kappa shape index (κ1) is 12.8. The lowest BCUT2D eigenvalue weighted by atomic mass is 10.1. The van der Waals surface area contributed by atoms with Crippen molar-refractivity contribution in [1.29, 1.82) is 0 Å². The largest absolute Gasteiger partial charge is 0.393 e. The van der Waals surface area contributed by atoms with Crippen LogP contribution >= 0.6 is 0 Å². The maximum Gasteiger partial charge on any atom is 0.172 e. The number of nitrogens with zero attached hydrogens (tertiary/aromatic N) is 4. The van der Waals surface area contributed by atoms with Crippen molar-refractivity contribution in [3.63, 3.8) is 0 Å². The lowest BCUT2D eigenvalue weighted by molar-refractivity contribution is 0.145. The molecule has 1 fully saturated rings. The van der Waals surface area contributed by atoms with Gasteiger partial charge in [0.05, 0.1) is 18.0 Å². The molecule has 104 valence electrons. The number of rotatable bonds is 2. The molecule has 0 aliphatic carbocycles. The van der Waals surface area contributed by atoms with Crippen molar-refractivity contribution >= 4 is 11.6 Å². The Morgan fingerprint density at radius 3 is 2.60 bits per heavy atom. The van der Waals surface area contributed by atoms with E-state index in [0.29, 0.717) is 11.6 Å². The molecule has 0 unspecified atom stereocenters. The van der Waals surface area contributed by atoms with E-state index in [1.807, 2.05) is 12.1 Å². The van der Waals surface area contributed by atoms with Crippen LogP contribution < -0.4 is 10.6 Å². The number of pyridine rings is 1. The predicted molar refractivity (Wildman–Crippen MR) is 77.1 cm³/mol. The minimum absolute atomic E-state index is 0.219. The smallest absolute Gasteiger partial charge is 0.172 e. The summed E-state index contributed by atoms with van der Waals surface area (Å²) in [5.41, 5.74) is 7.69. The lowest BCUT2D eigenvalue weighted by Gasteiger charge is -2.31. The molecule has 0 aromatic carbocycles. The maximum absolute atomic E-state index is 9.57. The average Bonchev–Trinajstić information content (AvgIpc) is 2.50. The molecule has 2 aromatic rings. The van der Waals surface area contributed by atoms with Gasteiger partial charge in [0.25, 0.3) is 0 Å². The number of anilines is 2. The van der Waals surface area contributed by atoms with Crippen LogP contribution in [0.5, 0.6) is 0 Å². The number of aliphatic hydroxyl groups excluding tert-OH is 1. The van der Waals surface area contributed by atoms with Gasteiger partial charge >= 0.3 is 0 Å². The number of nitrogen functional groups attached to an aromatic ring is 1. The normalized spacial score (nSPS) is 16.4.